The van der Waals surface area contributed by atoms with Gasteiger partial charge in [0.1, 0.15) is 17.1 Å². The Bertz CT molecular complexity index is 800. The zero-order valence-electron chi connectivity index (χ0n) is 10.0. The molecule has 0 spiro atoms. The Labute approximate surface area is 117 Å². The first-order chi connectivity index (χ1) is 9.65. The van der Waals surface area contributed by atoms with Crippen LogP contribution in [0.1, 0.15) is 10.4 Å². The van der Waals surface area contributed by atoms with Crippen LogP contribution in [0.25, 0.3) is 10.9 Å². The molecule has 4 nitrogen and oxygen atoms in total. The monoisotopic (exact) mass is 289 g/mol. The van der Waals surface area contributed by atoms with E-state index < -0.39 is 11.8 Å². The third-order valence-corrected chi connectivity index (χ3v) is 3.48. The smallest absolute Gasteiger partial charge is 0.339 e. The average Bonchev–Trinajstić information content (AvgIpc) is 2.82. The Morgan fingerprint density at radius 1 is 1.25 bits per heavy atom. The lowest BCUT2D eigenvalue weighted by atomic mass is 10.2. The van der Waals surface area contributed by atoms with Crippen LogP contribution < -0.4 is 4.74 Å². The summed E-state index contributed by atoms with van der Waals surface area (Å²) in [5.74, 6) is -1.76. The van der Waals surface area contributed by atoms with Gasteiger partial charge in [-0.2, -0.15) is 4.37 Å². The lowest BCUT2D eigenvalue weighted by Gasteiger charge is -2.06. The number of benzene rings is 2. The largest absolute Gasteiger partial charge is 0.478 e. The quantitative estimate of drug-likeness (QED) is 0.793. The number of carboxylic acids is 1. The van der Waals surface area contributed by atoms with E-state index in [9.17, 15) is 9.18 Å². The molecule has 0 radical (unpaired) electrons. The van der Waals surface area contributed by atoms with Crippen molar-refractivity contribution in [3.05, 3.63) is 53.8 Å². The van der Waals surface area contributed by atoms with Crippen LogP contribution in [0, 0.1) is 5.82 Å². The van der Waals surface area contributed by atoms with Crippen LogP contribution in [0.4, 0.5) is 4.39 Å². The van der Waals surface area contributed by atoms with Gasteiger partial charge in [0.2, 0.25) is 5.06 Å². The molecule has 1 aromatic heterocycles. The van der Waals surface area contributed by atoms with Crippen molar-refractivity contribution < 1.29 is 19.0 Å². The molecule has 0 aliphatic rings. The molecule has 0 aliphatic heterocycles. The number of carbonyl (C=O) groups is 1. The van der Waals surface area contributed by atoms with Gasteiger partial charge in [-0.3, -0.25) is 0 Å². The van der Waals surface area contributed by atoms with Crippen LogP contribution in [0.3, 0.4) is 0 Å². The van der Waals surface area contributed by atoms with Crippen LogP contribution in [0.15, 0.2) is 42.5 Å². The number of hydrogen-bond donors (Lipinski definition) is 1. The van der Waals surface area contributed by atoms with Crippen molar-refractivity contribution in [2.24, 2.45) is 0 Å². The molecule has 6 heteroatoms. The van der Waals surface area contributed by atoms with Gasteiger partial charge in [0.15, 0.2) is 0 Å². The SMILES string of the molecule is O=C(O)c1ccc(F)cc1Oc1snc2ccccc12. The van der Waals surface area contributed by atoms with Crippen LogP contribution in [-0.2, 0) is 0 Å². The molecule has 0 fully saturated rings. The molecule has 1 heterocycles. The molecule has 3 aromatic rings. The molecule has 0 saturated heterocycles. The highest BCUT2D eigenvalue weighted by Crippen LogP contribution is 2.35. The lowest BCUT2D eigenvalue weighted by molar-refractivity contribution is 0.0694. The van der Waals surface area contributed by atoms with E-state index in [1.165, 1.54) is 6.07 Å². The van der Waals surface area contributed by atoms with Gasteiger partial charge < -0.3 is 9.84 Å². The predicted molar refractivity (Wildman–Crippen MR) is 73.1 cm³/mol. The molecule has 0 atom stereocenters. The molecule has 0 saturated carbocycles. The summed E-state index contributed by atoms with van der Waals surface area (Å²) in [5, 5.41) is 10.3. The van der Waals surface area contributed by atoms with Crippen LogP contribution in [-0.4, -0.2) is 15.4 Å². The number of fused-ring (bicyclic) bond motifs is 1. The lowest BCUT2D eigenvalue weighted by Crippen LogP contribution is -2.00. The molecule has 0 amide bonds. The Hall–Kier alpha value is -2.47. The van der Waals surface area contributed by atoms with E-state index in [1.54, 1.807) is 0 Å². The number of aromatic nitrogens is 1. The third kappa shape index (κ3) is 2.21. The third-order valence-electron chi connectivity index (χ3n) is 2.73. The molecule has 0 bridgehead atoms. The van der Waals surface area contributed by atoms with E-state index in [1.807, 2.05) is 24.3 Å². The summed E-state index contributed by atoms with van der Waals surface area (Å²) in [7, 11) is 0. The minimum Gasteiger partial charge on any atom is -0.478 e. The van der Waals surface area contributed by atoms with Crippen molar-refractivity contribution in [1.82, 2.24) is 4.37 Å². The predicted octanol–water partition coefficient (Wildman–Crippen LogP) is 3.93. The van der Waals surface area contributed by atoms with Gasteiger partial charge in [-0.25, -0.2) is 9.18 Å². The van der Waals surface area contributed by atoms with Gasteiger partial charge in [-0.15, -0.1) is 0 Å². The highest BCUT2D eigenvalue weighted by Gasteiger charge is 2.15. The average molecular weight is 289 g/mol. The Kier molecular flexibility index (Phi) is 3.08. The number of carboxylic acid groups (broad SMARTS) is 1. The van der Waals surface area contributed by atoms with Gasteiger partial charge >= 0.3 is 5.97 Å². The second-order valence-corrected chi connectivity index (χ2v) is 4.77. The van der Waals surface area contributed by atoms with Crippen molar-refractivity contribution in [3.63, 3.8) is 0 Å². The molecule has 100 valence electrons. The van der Waals surface area contributed by atoms with E-state index >= 15 is 0 Å². The fourth-order valence-corrected chi connectivity index (χ4v) is 2.53. The van der Waals surface area contributed by atoms with Gasteiger partial charge in [-0.1, -0.05) is 12.1 Å². The minimum absolute atomic E-state index is 0.0353. The normalized spacial score (nSPS) is 10.7. The van der Waals surface area contributed by atoms with Crippen molar-refractivity contribution in [1.29, 1.82) is 0 Å². The molecule has 0 unspecified atom stereocenters. The Morgan fingerprint density at radius 2 is 2.05 bits per heavy atom. The molecule has 3 rings (SSSR count). The van der Waals surface area contributed by atoms with Crippen LogP contribution in [0.5, 0.6) is 10.8 Å². The van der Waals surface area contributed by atoms with Gasteiger partial charge in [-0.05, 0) is 24.3 Å². The zero-order chi connectivity index (χ0) is 14.1. The molecule has 1 N–H and O–H groups in total. The van der Waals surface area contributed by atoms with E-state index in [0.29, 0.717) is 5.06 Å². The summed E-state index contributed by atoms with van der Waals surface area (Å²) < 4.78 is 23.0. The summed E-state index contributed by atoms with van der Waals surface area (Å²) in [6.45, 7) is 0. The Balaban J connectivity index is 2.07. The number of rotatable bonds is 3. The first-order valence-electron chi connectivity index (χ1n) is 5.70. The molecule has 0 aliphatic carbocycles. The second kappa shape index (κ2) is 4.90. The molecule has 2 aromatic carbocycles. The summed E-state index contributed by atoms with van der Waals surface area (Å²) in [5.41, 5.74) is 0.657. The topological polar surface area (TPSA) is 59.4 Å². The highest BCUT2D eigenvalue weighted by atomic mass is 32.1. The number of nitrogens with zero attached hydrogens (tertiary/aromatic N) is 1. The van der Waals surface area contributed by atoms with Gasteiger partial charge in [0.05, 0.1) is 10.9 Å². The number of ether oxygens (including phenoxy) is 1. The summed E-state index contributed by atoms with van der Waals surface area (Å²) in [6, 6.07) is 10.6. The van der Waals surface area contributed by atoms with Crippen molar-refractivity contribution >= 4 is 28.4 Å². The highest BCUT2D eigenvalue weighted by molar-refractivity contribution is 7.09. The van der Waals surface area contributed by atoms with E-state index in [2.05, 4.69) is 4.37 Å². The summed E-state index contributed by atoms with van der Waals surface area (Å²) >= 11 is 1.10. The molecular weight excluding hydrogens is 281 g/mol. The standard InChI is InChI=1S/C14H8FNO3S/c15-8-5-6-10(13(17)18)12(7-8)19-14-9-3-1-2-4-11(9)16-20-14/h1-7H,(H,17,18). The Morgan fingerprint density at radius 3 is 2.85 bits per heavy atom. The van der Waals surface area contributed by atoms with Crippen LogP contribution in [0.2, 0.25) is 0 Å². The number of aromatic carboxylic acids is 1. The van der Waals surface area contributed by atoms with Crippen molar-refractivity contribution in [2.45, 2.75) is 0 Å². The molecule has 20 heavy (non-hydrogen) atoms. The van der Waals surface area contributed by atoms with Crippen molar-refractivity contribution in [2.75, 3.05) is 0 Å². The maximum atomic E-state index is 13.3. The first-order valence-corrected chi connectivity index (χ1v) is 6.47. The minimum atomic E-state index is -1.17. The maximum absolute atomic E-state index is 13.3. The van der Waals surface area contributed by atoms with Crippen LogP contribution >= 0.6 is 11.5 Å². The number of hydrogen-bond acceptors (Lipinski definition) is 4. The van der Waals surface area contributed by atoms with E-state index in [0.717, 1.165) is 34.6 Å². The second-order valence-electron chi connectivity index (χ2n) is 4.03. The first kappa shape index (κ1) is 12.6. The van der Waals surface area contributed by atoms with Crippen molar-refractivity contribution in [3.8, 4) is 10.8 Å². The fourth-order valence-electron chi connectivity index (χ4n) is 1.80. The number of halogens is 1. The van der Waals surface area contributed by atoms with E-state index in [4.69, 9.17) is 9.84 Å². The summed E-state index contributed by atoms with van der Waals surface area (Å²) in [6.07, 6.45) is 0. The van der Waals surface area contributed by atoms with E-state index in [-0.39, 0.29) is 11.3 Å². The molecular formula is C14H8FNO3S. The van der Waals surface area contributed by atoms with Gasteiger partial charge in [0.25, 0.3) is 0 Å². The fraction of sp³-hybridized carbons (Fsp3) is 0. The zero-order valence-corrected chi connectivity index (χ0v) is 10.9. The maximum Gasteiger partial charge on any atom is 0.339 e. The van der Waals surface area contributed by atoms with Gasteiger partial charge in [0, 0.05) is 17.6 Å². The summed E-state index contributed by atoms with van der Waals surface area (Å²) in [4.78, 5) is 11.1.